The SMILES string of the molecule is CC[C@@H](C(=O)NC1CCCCC1)N(CCc1ccccc1)C(=O)CN(c1ccccc1Cl)S(=O)(=O)c1ccccc1. The lowest BCUT2D eigenvalue weighted by molar-refractivity contribution is -0.140. The molecule has 2 amide bonds. The molecule has 0 bridgehead atoms. The summed E-state index contributed by atoms with van der Waals surface area (Å²) in [6, 6.07) is 23.6. The standard InChI is InChI=1S/C32H38ClN3O4S/c1-2-29(32(38)34-26-16-8-4-9-17-26)35(23-22-25-14-6-3-7-15-25)31(37)24-36(30-21-13-12-20-28(30)33)41(39,40)27-18-10-5-11-19-27/h3,5-7,10-15,18-21,26,29H,2,4,8-9,16-17,22-24H2,1H3,(H,34,38)/t29-/m0/s1. The third kappa shape index (κ3) is 7.89. The molecule has 218 valence electrons. The quantitative estimate of drug-likeness (QED) is 0.285. The highest BCUT2D eigenvalue weighted by atomic mass is 35.5. The van der Waals surface area contributed by atoms with Gasteiger partial charge in [0.2, 0.25) is 11.8 Å². The van der Waals surface area contributed by atoms with Crippen LogP contribution in [-0.4, -0.2) is 50.3 Å². The van der Waals surface area contributed by atoms with E-state index in [9.17, 15) is 18.0 Å². The summed E-state index contributed by atoms with van der Waals surface area (Å²) >= 11 is 6.47. The first-order valence-corrected chi connectivity index (χ1v) is 16.1. The van der Waals surface area contributed by atoms with Gasteiger partial charge in [-0.2, -0.15) is 0 Å². The van der Waals surface area contributed by atoms with Crippen LogP contribution in [0, 0.1) is 0 Å². The number of para-hydroxylation sites is 1. The van der Waals surface area contributed by atoms with E-state index >= 15 is 0 Å². The minimum atomic E-state index is -4.15. The second-order valence-electron chi connectivity index (χ2n) is 10.4. The van der Waals surface area contributed by atoms with Gasteiger partial charge in [-0.1, -0.05) is 98.5 Å². The number of amides is 2. The molecule has 0 unspecified atom stereocenters. The number of nitrogens with zero attached hydrogens (tertiary/aromatic N) is 2. The lowest BCUT2D eigenvalue weighted by Gasteiger charge is -2.34. The molecule has 0 radical (unpaired) electrons. The second-order valence-corrected chi connectivity index (χ2v) is 12.6. The van der Waals surface area contributed by atoms with Gasteiger partial charge in [-0.25, -0.2) is 8.42 Å². The predicted molar refractivity (Wildman–Crippen MR) is 163 cm³/mol. The van der Waals surface area contributed by atoms with Crippen molar-refractivity contribution in [2.24, 2.45) is 0 Å². The molecular formula is C32H38ClN3O4S. The summed E-state index contributed by atoms with van der Waals surface area (Å²) in [5, 5.41) is 3.37. The smallest absolute Gasteiger partial charge is 0.264 e. The highest BCUT2D eigenvalue weighted by Crippen LogP contribution is 2.30. The normalized spacial score (nSPS) is 14.7. The number of carbonyl (C=O) groups is 2. The number of halogens is 1. The van der Waals surface area contributed by atoms with Gasteiger partial charge in [-0.3, -0.25) is 13.9 Å². The van der Waals surface area contributed by atoms with Gasteiger partial charge in [0.05, 0.1) is 15.6 Å². The fraction of sp³-hybridized carbons (Fsp3) is 0.375. The Morgan fingerprint density at radius 3 is 2.15 bits per heavy atom. The Kier molecular flexibility index (Phi) is 10.8. The topological polar surface area (TPSA) is 86.8 Å². The molecule has 0 aromatic heterocycles. The van der Waals surface area contributed by atoms with Gasteiger partial charge in [-0.15, -0.1) is 0 Å². The Balaban J connectivity index is 1.66. The summed E-state index contributed by atoms with van der Waals surface area (Å²) in [7, 11) is -4.15. The molecule has 0 saturated heterocycles. The van der Waals surface area contributed by atoms with Crippen molar-refractivity contribution in [1.82, 2.24) is 10.2 Å². The maximum atomic E-state index is 14.1. The average molecular weight is 596 g/mol. The zero-order valence-electron chi connectivity index (χ0n) is 23.4. The first-order chi connectivity index (χ1) is 19.8. The molecule has 1 aliphatic carbocycles. The van der Waals surface area contributed by atoms with Gasteiger partial charge in [0.15, 0.2) is 0 Å². The Morgan fingerprint density at radius 2 is 1.51 bits per heavy atom. The van der Waals surface area contributed by atoms with Crippen molar-refractivity contribution >= 4 is 39.1 Å². The number of benzene rings is 3. The van der Waals surface area contributed by atoms with Crippen LogP contribution >= 0.6 is 11.6 Å². The van der Waals surface area contributed by atoms with Crippen molar-refractivity contribution in [3.63, 3.8) is 0 Å². The number of sulfonamides is 1. The monoisotopic (exact) mass is 595 g/mol. The van der Waals surface area contributed by atoms with Crippen molar-refractivity contribution in [3.05, 3.63) is 95.5 Å². The van der Waals surface area contributed by atoms with Crippen LogP contribution in [0.25, 0.3) is 0 Å². The Labute approximate surface area is 248 Å². The van der Waals surface area contributed by atoms with Gasteiger partial charge in [0, 0.05) is 12.6 Å². The maximum Gasteiger partial charge on any atom is 0.264 e. The summed E-state index contributed by atoms with van der Waals surface area (Å²) in [5.74, 6) is -0.665. The van der Waals surface area contributed by atoms with E-state index < -0.39 is 28.5 Å². The van der Waals surface area contributed by atoms with Gasteiger partial charge in [0.25, 0.3) is 10.0 Å². The van der Waals surface area contributed by atoms with Crippen LogP contribution < -0.4 is 9.62 Å². The van der Waals surface area contributed by atoms with E-state index in [4.69, 9.17) is 11.6 Å². The maximum absolute atomic E-state index is 14.1. The molecule has 4 rings (SSSR count). The van der Waals surface area contributed by atoms with Gasteiger partial charge in [0.1, 0.15) is 12.6 Å². The fourth-order valence-electron chi connectivity index (χ4n) is 5.33. The molecule has 1 aliphatic rings. The van der Waals surface area contributed by atoms with Crippen molar-refractivity contribution in [1.29, 1.82) is 0 Å². The first kappa shape index (κ1) is 30.6. The lowest BCUT2D eigenvalue weighted by atomic mass is 9.95. The predicted octanol–water partition coefficient (Wildman–Crippen LogP) is 5.83. The molecule has 9 heteroatoms. The molecule has 3 aromatic rings. The number of anilines is 1. The van der Waals surface area contributed by atoms with E-state index in [0.29, 0.717) is 12.8 Å². The highest BCUT2D eigenvalue weighted by Gasteiger charge is 2.34. The van der Waals surface area contributed by atoms with Crippen LogP contribution in [0.4, 0.5) is 5.69 Å². The van der Waals surface area contributed by atoms with Crippen molar-refractivity contribution < 1.29 is 18.0 Å². The molecule has 1 N–H and O–H groups in total. The average Bonchev–Trinajstić information content (AvgIpc) is 2.99. The zero-order chi connectivity index (χ0) is 29.2. The summed E-state index contributed by atoms with van der Waals surface area (Å²) < 4.78 is 28.8. The summed E-state index contributed by atoms with van der Waals surface area (Å²) in [6.07, 6.45) is 6.09. The molecule has 1 fully saturated rings. The Morgan fingerprint density at radius 1 is 0.902 bits per heavy atom. The minimum absolute atomic E-state index is 0.0469. The number of carbonyl (C=O) groups excluding carboxylic acids is 2. The number of nitrogens with one attached hydrogen (secondary N) is 1. The Hall–Kier alpha value is -3.36. The zero-order valence-corrected chi connectivity index (χ0v) is 25.0. The van der Waals surface area contributed by atoms with Crippen LogP contribution in [0.3, 0.4) is 0 Å². The van der Waals surface area contributed by atoms with E-state index in [1.807, 2.05) is 37.3 Å². The summed E-state index contributed by atoms with van der Waals surface area (Å²) in [5.41, 5.74) is 1.22. The van der Waals surface area contributed by atoms with Crippen molar-refractivity contribution in [2.75, 3.05) is 17.4 Å². The highest BCUT2D eigenvalue weighted by molar-refractivity contribution is 7.92. The van der Waals surface area contributed by atoms with Crippen molar-refractivity contribution in [2.45, 2.75) is 68.8 Å². The van der Waals surface area contributed by atoms with Crippen LogP contribution in [0.15, 0.2) is 89.8 Å². The molecule has 7 nitrogen and oxygen atoms in total. The number of rotatable bonds is 12. The van der Waals surface area contributed by atoms with E-state index in [1.165, 1.54) is 23.5 Å². The van der Waals surface area contributed by atoms with Crippen LogP contribution in [0.1, 0.15) is 51.0 Å². The van der Waals surface area contributed by atoms with Gasteiger partial charge in [-0.05, 0) is 55.5 Å². The van der Waals surface area contributed by atoms with Gasteiger partial charge >= 0.3 is 0 Å². The number of hydrogen-bond donors (Lipinski definition) is 1. The van der Waals surface area contributed by atoms with E-state index in [2.05, 4.69) is 5.32 Å². The van der Waals surface area contributed by atoms with Crippen LogP contribution in [-0.2, 0) is 26.0 Å². The molecule has 0 heterocycles. The van der Waals surface area contributed by atoms with Crippen molar-refractivity contribution in [3.8, 4) is 0 Å². The third-order valence-corrected chi connectivity index (χ3v) is 9.65. The van der Waals surface area contributed by atoms with Crippen LogP contribution in [0.5, 0.6) is 0 Å². The second kappa shape index (κ2) is 14.5. The fourth-order valence-corrected chi connectivity index (χ4v) is 7.07. The minimum Gasteiger partial charge on any atom is -0.352 e. The molecule has 1 saturated carbocycles. The first-order valence-electron chi connectivity index (χ1n) is 14.3. The molecule has 1 atom stereocenters. The summed E-state index contributed by atoms with van der Waals surface area (Å²) in [4.78, 5) is 29.3. The molecular weight excluding hydrogens is 558 g/mol. The molecule has 0 aliphatic heterocycles. The Bertz CT molecular complexity index is 1400. The van der Waals surface area contributed by atoms with E-state index in [0.717, 1.165) is 35.6 Å². The van der Waals surface area contributed by atoms with E-state index in [1.54, 1.807) is 42.5 Å². The summed E-state index contributed by atoms with van der Waals surface area (Å²) in [6.45, 7) is 1.64. The van der Waals surface area contributed by atoms with E-state index in [-0.39, 0.29) is 34.1 Å². The molecule has 0 spiro atoms. The molecule has 41 heavy (non-hydrogen) atoms. The molecule has 3 aromatic carbocycles. The van der Waals surface area contributed by atoms with Crippen LogP contribution in [0.2, 0.25) is 5.02 Å². The number of hydrogen-bond acceptors (Lipinski definition) is 4. The van der Waals surface area contributed by atoms with Gasteiger partial charge < -0.3 is 10.2 Å². The lowest BCUT2D eigenvalue weighted by Crippen LogP contribution is -2.54. The third-order valence-electron chi connectivity index (χ3n) is 7.55. The largest absolute Gasteiger partial charge is 0.352 e.